The fourth-order valence-corrected chi connectivity index (χ4v) is 3.26. The summed E-state index contributed by atoms with van der Waals surface area (Å²) in [5, 5.41) is 9.45. The molecule has 112 valence electrons. The van der Waals surface area contributed by atoms with Crippen LogP contribution in [0.3, 0.4) is 0 Å². The third-order valence-corrected chi connectivity index (χ3v) is 4.41. The molecule has 0 unspecified atom stereocenters. The van der Waals surface area contributed by atoms with E-state index in [1.165, 1.54) is 0 Å². The summed E-state index contributed by atoms with van der Waals surface area (Å²) in [6.45, 7) is 2.51. The first-order valence-corrected chi connectivity index (χ1v) is 8.07. The van der Waals surface area contributed by atoms with Gasteiger partial charge in [0, 0.05) is 19.0 Å². The number of aliphatic imine (C=N–C) groups is 1. The van der Waals surface area contributed by atoms with Gasteiger partial charge in [-0.05, 0) is 12.1 Å². The predicted octanol–water partition coefficient (Wildman–Crippen LogP) is 2.11. The molecular weight excluding hydrogens is 296 g/mol. The van der Waals surface area contributed by atoms with Gasteiger partial charge in [0.2, 0.25) is 0 Å². The number of thiazole rings is 1. The number of para-hydroxylation sites is 2. The van der Waals surface area contributed by atoms with Crippen molar-refractivity contribution < 1.29 is 0 Å². The number of rotatable bonds is 2. The lowest BCUT2D eigenvalue weighted by Gasteiger charge is -2.13. The molecule has 1 aromatic carbocycles. The molecule has 3 heterocycles. The molecule has 6 nitrogen and oxygen atoms in total. The summed E-state index contributed by atoms with van der Waals surface area (Å²) < 4.78 is 2.08. The molecule has 0 saturated heterocycles. The molecule has 0 saturated carbocycles. The van der Waals surface area contributed by atoms with Gasteiger partial charge in [-0.1, -0.05) is 12.1 Å². The number of benzene rings is 1. The van der Waals surface area contributed by atoms with Crippen molar-refractivity contribution in [2.24, 2.45) is 12.0 Å². The summed E-state index contributed by atoms with van der Waals surface area (Å²) in [7, 11) is 2.02. The molecule has 0 aliphatic carbocycles. The van der Waals surface area contributed by atoms with Gasteiger partial charge in [-0.25, -0.2) is 9.97 Å². The maximum atomic E-state index is 4.68. The van der Waals surface area contributed by atoms with Crippen LogP contribution >= 0.6 is 11.3 Å². The third kappa shape index (κ3) is 2.38. The zero-order valence-electron chi connectivity index (χ0n) is 12.2. The minimum Gasteiger partial charge on any atom is -0.326 e. The van der Waals surface area contributed by atoms with E-state index in [1.54, 1.807) is 11.3 Å². The van der Waals surface area contributed by atoms with Crippen LogP contribution in [0, 0.1) is 0 Å². The number of nitrogens with one attached hydrogen (secondary N) is 2. The van der Waals surface area contributed by atoms with Crippen LogP contribution < -0.4 is 10.6 Å². The number of hydrogen-bond donors (Lipinski definition) is 2. The van der Waals surface area contributed by atoms with Gasteiger partial charge in [0.25, 0.3) is 0 Å². The van der Waals surface area contributed by atoms with Crippen molar-refractivity contribution in [2.45, 2.75) is 0 Å². The van der Waals surface area contributed by atoms with Crippen molar-refractivity contribution in [1.29, 1.82) is 0 Å². The van der Waals surface area contributed by atoms with Gasteiger partial charge in [0.05, 0.1) is 24.1 Å². The summed E-state index contributed by atoms with van der Waals surface area (Å²) in [6.07, 6.45) is 0. The van der Waals surface area contributed by atoms with E-state index in [1.807, 2.05) is 30.6 Å². The summed E-state index contributed by atoms with van der Waals surface area (Å²) in [5.41, 5.74) is 2.99. The Bertz CT molecular complexity index is 847. The van der Waals surface area contributed by atoms with Crippen LogP contribution in [0.15, 0.2) is 34.6 Å². The van der Waals surface area contributed by atoms with Gasteiger partial charge in [-0.3, -0.25) is 4.99 Å². The average molecular weight is 312 g/mol. The zero-order chi connectivity index (χ0) is 14.9. The van der Waals surface area contributed by atoms with Gasteiger partial charge in [-0.2, -0.15) is 0 Å². The van der Waals surface area contributed by atoms with E-state index in [9.17, 15) is 0 Å². The molecule has 0 radical (unpaired) electrons. The van der Waals surface area contributed by atoms with Crippen LogP contribution in [-0.4, -0.2) is 40.0 Å². The second-order valence-corrected chi connectivity index (χ2v) is 6.01. The first kappa shape index (κ1) is 13.4. The molecule has 0 fully saturated rings. The highest BCUT2D eigenvalue weighted by Crippen LogP contribution is 2.27. The molecule has 0 bridgehead atoms. The lowest BCUT2D eigenvalue weighted by Crippen LogP contribution is -2.34. The number of hydrogen-bond acceptors (Lipinski definition) is 6. The molecule has 2 aromatic heterocycles. The first-order chi connectivity index (χ1) is 10.8. The summed E-state index contributed by atoms with van der Waals surface area (Å²) in [4.78, 5) is 13.8. The molecule has 1 aliphatic heterocycles. The minimum atomic E-state index is 0.765. The fraction of sp³-hybridized carbons (Fsp3) is 0.267. The Balaban J connectivity index is 1.65. The smallest absolute Gasteiger partial charge is 0.188 e. The van der Waals surface area contributed by atoms with Gasteiger partial charge < -0.3 is 15.2 Å². The second-order valence-electron chi connectivity index (χ2n) is 5.15. The highest BCUT2D eigenvalue weighted by Gasteiger charge is 2.14. The van der Waals surface area contributed by atoms with Crippen molar-refractivity contribution in [3.8, 4) is 11.5 Å². The van der Waals surface area contributed by atoms with E-state index in [0.717, 1.165) is 53.2 Å². The molecule has 3 aromatic rings. The Morgan fingerprint density at radius 3 is 3.00 bits per heavy atom. The van der Waals surface area contributed by atoms with Gasteiger partial charge in [0.15, 0.2) is 11.0 Å². The zero-order valence-corrected chi connectivity index (χ0v) is 13.0. The highest BCUT2D eigenvalue weighted by atomic mass is 32.1. The Hall–Kier alpha value is -2.25. The topological polar surface area (TPSA) is 67.1 Å². The fourth-order valence-electron chi connectivity index (χ4n) is 2.55. The van der Waals surface area contributed by atoms with E-state index >= 15 is 0 Å². The van der Waals surface area contributed by atoms with Crippen LogP contribution in [0.2, 0.25) is 0 Å². The molecule has 2 N–H and O–H groups in total. The Labute approximate surface area is 131 Å². The predicted molar refractivity (Wildman–Crippen MR) is 90.6 cm³/mol. The number of aromatic nitrogens is 3. The Kier molecular flexibility index (Phi) is 3.36. The normalized spacial score (nSPS) is 15.0. The standard InChI is InChI=1S/C15H16N6S/c1-21-12-5-3-2-4-10(12)18-14(21)11-9-22-15(19-11)20-13-8-16-6-7-17-13/h2-5,9,16H,6-8H2,1H3,(H,17,19,20). The van der Waals surface area contributed by atoms with Gasteiger partial charge >= 0.3 is 0 Å². The van der Waals surface area contributed by atoms with E-state index in [4.69, 9.17) is 0 Å². The van der Waals surface area contributed by atoms with E-state index in [-0.39, 0.29) is 0 Å². The van der Waals surface area contributed by atoms with Crippen molar-refractivity contribution >= 4 is 33.3 Å². The van der Waals surface area contributed by atoms with E-state index in [0.29, 0.717) is 0 Å². The van der Waals surface area contributed by atoms with Crippen LogP contribution in [-0.2, 0) is 7.05 Å². The Morgan fingerprint density at radius 2 is 2.18 bits per heavy atom. The molecule has 0 atom stereocenters. The molecule has 22 heavy (non-hydrogen) atoms. The number of anilines is 1. The summed E-state index contributed by atoms with van der Waals surface area (Å²) >= 11 is 1.57. The van der Waals surface area contributed by atoms with Crippen molar-refractivity contribution in [3.63, 3.8) is 0 Å². The van der Waals surface area contributed by atoms with Crippen LogP contribution in [0.5, 0.6) is 0 Å². The van der Waals surface area contributed by atoms with Crippen molar-refractivity contribution in [2.75, 3.05) is 25.0 Å². The number of amidine groups is 1. The molecule has 0 amide bonds. The number of aryl methyl sites for hydroxylation is 1. The quantitative estimate of drug-likeness (QED) is 0.760. The third-order valence-electron chi connectivity index (χ3n) is 3.66. The highest BCUT2D eigenvalue weighted by molar-refractivity contribution is 7.14. The van der Waals surface area contributed by atoms with Crippen LogP contribution in [0.4, 0.5) is 5.13 Å². The molecule has 0 spiro atoms. The maximum absolute atomic E-state index is 4.68. The molecule has 1 aliphatic rings. The van der Waals surface area contributed by atoms with Crippen LogP contribution in [0.25, 0.3) is 22.6 Å². The lowest BCUT2D eigenvalue weighted by molar-refractivity contribution is 0.735. The first-order valence-electron chi connectivity index (χ1n) is 7.20. The SMILES string of the molecule is Cn1c(-c2csc(NC3=NCCNC3)n2)nc2ccccc21. The van der Waals surface area contributed by atoms with E-state index < -0.39 is 0 Å². The number of nitrogens with zero attached hydrogens (tertiary/aromatic N) is 4. The lowest BCUT2D eigenvalue weighted by atomic mass is 10.3. The average Bonchev–Trinajstić information content (AvgIpc) is 3.14. The monoisotopic (exact) mass is 312 g/mol. The molecule has 7 heteroatoms. The largest absolute Gasteiger partial charge is 0.326 e. The number of fused-ring (bicyclic) bond motifs is 1. The summed E-state index contributed by atoms with van der Waals surface area (Å²) in [5.74, 6) is 1.83. The van der Waals surface area contributed by atoms with Gasteiger partial charge in [-0.15, -0.1) is 11.3 Å². The summed E-state index contributed by atoms with van der Waals surface area (Å²) in [6, 6.07) is 8.12. The minimum absolute atomic E-state index is 0.765. The molecule has 4 rings (SSSR count). The molecular formula is C15H16N6S. The van der Waals surface area contributed by atoms with E-state index in [2.05, 4.69) is 36.2 Å². The second kappa shape index (κ2) is 5.51. The Morgan fingerprint density at radius 1 is 1.27 bits per heavy atom. The van der Waals surface area contributed by atoms with Crippen molar-refractivity contribution in [1.82, 2.24) is 19.9 Å². The maximum Gasteiger partial charge on any atom is 0.188 e. The van der Waals surface area contributed by atoms with Gasteiger partial charge in [0.1, 0.15) is 11.5 Å². The van der Waals surface area contributed by atoms with Crippen LogP contribution in [0.1, 0.15) is 0 Å². The van der Waals surface area contributed by atoms with Crippen molar-refractivity contribution in [3.05, 3.63) is 29.6 Å². The number of imidazole rings is 1.